The average molecular weight is 900 g/mol. The quantitative estimate of drug-likeness (QED) is 0.0351. The molecular weight excluding hydrogens is 830 g/mol. The molecule has 17 nitrogen and oxygen atoms in total. The van der Waals surface area contributed by atoms with Crippen LogP contribution < -0.4 is 80.3 Å². The van der Waals surface area contributed by atoms with Crippen LogP contribution in [-0.2, 0) is 41.5 Å². The number of nitrogen functional groups attached to an aromatic ring is 1. The Morgan fingerprint density at radius 1 is 0.797 bits per heavy atom. The van der Waals surface area contributed by atoms with E-state index in [4.69, 9.17) is 24.5 Å². The predicted octanol–water partition coefficient (Wildman–Crippen LogP) is -0.0103. The summed E-state index contributed by atoms with van der Waals surface area (Å²) in [7, 11) is -11.3. The van der Waals surface area contributed by atoms with Crippen molar-refractivity contribution < 1.29 is 121 Å². The molecule has 59 heavy (non-hydrogen) atoms. The molecule has 1 aliphatic rings. The summed E-state index contributed by atoms with van der Waals surface area (Å²) in [6, 6.07) is 1.24. The molecule has 1 fully saturated rings. The Hall–Kier alpha value is 0.250. The van der Waals surface area contributed by atoms with Gasteiger partial charge in [-0.05, 0) is 18.9 Å². The molecule has 1 aromatic heterocycles. The van der Waals surface area contributed by atoms with Crippen LogP contribution >= 0.6 is 15.6 Å². The molecule has 0 amide bonds. The largest absolute Gasteiger partial charge is 1.00 e. The van der Waals surface area contributed by atoms with E-state index < -0.39 is 71.2 Å². The number of nitrogens with zero attached hydrogens (tertiary/aromatic N) is 2. The molecule has 7 unspecified atom stereocenters. The van der Waals surface area contributed by atoms with Gasteiger partial charge in [-0.1, -0.05) is 136 Å². The summed E-state index contributed by atoms with van der Waals surface area (Å²) in [5, 5.41) is 20.7. The second kappa shape index (κ2) is 34.6. The van der Waals surface area contributed by atoms with Crippen LogP contribution in [0, 0.1) is 0 Å². The SMILES string of the molecule is CCCCCCCCCCCCCC(=O)OC(COCCCCCCCCCCCC)COP(=O)([O-])OP(=O)([O-])OCC1OC(n2ccc(N)nc2=O)C(O)C1O.[Na+].[Na+]. The first-order valence-corrected chi connectivity index (χ1v) is 24.0. The van der Waals surface area contributed by atoms with E-state index in [1.165, 1.54) is 83.1 Å². The first-order chi connectivity index (χ1) is 27.3. The molecule has 332 valence electrons. The van der Waals surface area contributed by atoms with Crippen LogP contribution in [0.1, 0.15) is 161 Å². The number of nitrogens with two attached hydrogens (primary N) is 1. The number of rotatable bonds is 35. The van der Waals surface area contributed by atoms with E-state index in [0.717, 1.165) is 62.1 Å². The number of hydrogen-bond acceptors (Lipinski definition) is 16. The molecule has 0 aliphatic carbocycles. The molecule has 0 spiro atoms. The van der Waals surface area contributed by atoms with Crippen LogP contribution in [0.15, 0.2) is 17.1 Å². The first-order valence-electron chi connectivity index (χ1n) is 21.0. The second-order valence-corrected chi connectivity index (χ2v) is 17.8. The number of carbonyl (C=O) groups excluding carboxylic acids is 1. The predicted molar refractivity (Wildman–Crippen MR) is 211 cm³/mol. The number of unbranched alkanes of at least 4 members (excludes halogenated alkanes) is 19. The minimum atomic E-state index is -5.65. The third-order valence-electron chi connectivity index (χ3n) is 9.71. The fraction of sp³-hybridized carbons (Fsp3) is 0.868. The van der Waals surface area contributed by atoms with Gasteiger partial charge in [0.25, 0.3) is 15.6 Å². The minimum absolute atomic E-state index is 0. The van der Waals surface area contributed by atoms with E-state index >= 15 is 0 Å². The fourth-order valence-corrected chi connectivity index (χ4v) is 8.46. The van der Waals surface area contributed by atoms with Crippen LogP contribution in [0.3, 0.4) is 0 Å². The zero-order valence-corrected chi connectivity index (χ0v) is 41.9. The summed E-state index contributed by atoms with van der Waals surface area (Å²) >= 11 is 0. The standard InChI is InChI=1S/C38H71N3O14P2.2Na/c1-3-5-7-9-11-13-15-16-18-20-22-24-34(42)53-31(28-50-27-23-21-19-17-14-12-10-8-6-4-2)29-51-56(46,47)55-57(48,49)52-30-32-35(43)36(44)37(54-32)41-26-25-33(39)40-38(41)45;;/h25-26,31-32,35-37,43-44H,3-24,27-30H2,1-2H3,(H,46,47)(H,48,49)(H2,39,40,45);;/q;2*+1/p-2. The maximum Gasteiger partial charge on any atom is 1.00 e. The Morgan fingerprint density at radius 3 is 1.81 bits per heavy atom. The van der Waals surface area contributed by atoms with Crippen molar-refractivity contribution >= 4 is 27.4 Å². The van der Waals surface area contributed by atoms with Crippen molar-refractivity contribution in [2.24, 2.45) is 0 Å². The van der Waals surface area contributed by atoms with E-state index in [0.29, 0.717) is 13.0 Å². The van der Waals surface area contributed by atoms with Gasteiger partial charge in [0, 0.05) is 19.2 Å². The number of phosphoric acid groups is 2. The number of esters is 1. The van der Waals surface area contributed by atoms with E-state index in [2.05, 4.69) is 27.7 Å². The van der Waals surface area contributed by atoms with E-state index in [-0.39, 0.29) is 78.0 Å². The number of aromatic nitrogens is 2. The molecule has 7 atom stereocenters. The zero-order valence-electron chi connectivity index (χ0n) is 36.1. The van der Waals surface area contributed by atoms with Crippen LogP contribution in [0.2, 0.25) is 0 Å². The third kappa shape index (κ3) is 27.2. The number of aliphatic hydroxyl groups excluding tert-OH is 2. The van der Waals surface area contributed by atoms with Crippen LogP contribution in [0.4, 0.5) is 5.82 Å². The monoisotopic (exact) mass is 899 g/mol. The molecule has 2 rings (SSSR count). The fourth-order valence-electron chi connectivity index (χ4n) is 6.43. The van der Waals surface area contributed by atoms with E-state index in [9.17, 15) is 38.7 Å². The summed E-state index contributed by atoms with van der Waals surface area (Å²) in [4.78, 5) is 53.4. The Labute approximate surface area is 395 Å². The minimum Gasteiger partial charge on any atom is -0.756 e. The van der Waals surface area contributed by atoms with Crippen LogP contribution in [0.25, 0.3) is 0 Å². The van der Waals surface area contributed by atoms with Gasteiger partial charge in [0.1, 0.15) is 30.2 Å². The first kappa shape index (κ1) is 59.2. The number of carbonyl (C=O) groups is 1. The van der Waals surface area contributed by atoms with Gasteiger partial charge in [-0.2, -0.15) is 4.98 Å². The second-order valence-electron chi connectivity index (χ2n) is 14.8. The molecular formula is C38H69N3Na2O14P2. The normalized spacial score (nSPS) is 20.2. The van der Waals surface area contributed by atoms with Crippen molar-refractivity contribution in [3.63, 3.8) is 0 Å². The average Bonchev–Trinajstić information content (AvgIpc) is 3.43. The van der Waals surface area contributed by atoms with Crippen LogP contribution in [0.5, 0.6) is 0 Å². The summed E-state index contributed by atoms with van der Waals surface area (Å²) in [6.07, 6.45) is 17.3. The van der Waals surface area contributed by atoms with Crippen molar-refractivity contribution in [1.29, 1.82) is 0 Å². The Balaban J connectivity index is 0.0000168. The van der Waals surface area contributed by atoms with Crippen molar-refractivity contribution in [1.82, 2.24) is 9.55 Å². The molecule has 4 N–H and O–H groups in total. The molecule has 0 saturated carbocycles. The van der Waals surface area contributed by atoms with E-state index in [1.54, 1.807) is 0 Å². The molecule has 21 heteroatoms. The van der Waals surface area contributed by atoms with Gasteiger partial charge in [-0.3, -0.25) is 18.5 Å². The Kier molecular flexibility index (Phi) is 34.8. The van der Waals surface area contributed by atoms with Crippen molar-refractivity contribution in [3.05, 3.63) is 22.7 Å². The number of anilines is 1. The Bertz CT molecular complexity index is 1400. The molecule has 0 aromatic carbocycles. The zero-order chi connectivity index (χ0) is 41.9. The summed E-state index contributed by atoms with van der Waals surface area (Å²) in [6.45, 7) is 2.81. The van der Waals surface area contributed by atoms with Gasteiger partial charge < -0.3 is 49.0 Å². The van der Waals surface area contributed by atoms with Gasteiger partial charge in [0.15, 0.2) is 6.23 Å². The van der Waals surface area contributed by atoms with Crippen molar-refractivity contribution in [2.75, 3.05) is 32.2 Å². The summed E-state index contributed by atoms with van der Waals surface area (Å²) in [5.74, 6) is -0.659. The molecule has 1 aliphatic heterocycles. The molecule has 1 aromatic rings. The number of phosphoric ester groups is 2. The van der Waals surface area contributed by atoms with Gasteiger partial charge in [0.05, 0.1) is 19.8 Å². The van der Waals surface area contributed by atoms with Gasteiger partial charge in [0.2, 0.25) is 0 Å². The van der Waals surface area contributed by atoms with Crippen LogP contribution in [-0.4, -0.2) is 76.6 Å². The topological polar surface area (TPSA) is 254 Å². The summed E-state index contributed by atoms with van der Waals surface area (Å²) in [5.41, 5.74) is 4.56. The third-order valence-corrected chi connectivity index (χ3v) is 12.2. The molecule has 2 heterocycles. The smallest absolute Gasteiger partial charge is 0.756 e. The number of hydrogen-bond donors (Lipinski definition) is 3. The molecule has 1 saturated heterocycles. The van der Waals surface area contributed by atoms with E-state index in [1.807, 2.05) is 0 Å². The molecule has 0 bridgehead atoms. The maximum absolute atomic E-state index is 12.7. The van der Waals surface area contributed by atoms with Crippen molar-refractivity contribution in [3.8, 4) is 0 Å². The summed E-state index contributed by atoms with van der Waals surface area (Å²) < 4.78 is 56.1. The Morgan fingerprint density at radius 2 is 1.29 bits per heavy atom. The number of aliphatic hydroxyl groups is 2. The maximum atomic E-state index is 12.7. The van der Waals surface area contributed by atoms with Gasteiger partial charge in [-0.25, -0.2) is 9.11 Å². The molecule has 0 radical (unpaired) electrons. The van der Waals surface area contributed by atoms with Crippen molar-refractivity contribution in [2.45, 2.75) is 186 Å². The van der Waals surface area contributed by atoms with Gasteiger partial charge >= 0.3 is 70.8 Å². The van der Waals surface area contributed by atoms with Gasteiger partial charge in [-0.15, -0.1) is 0 Å². The number of ether oxygens (including phenoxy) is 3.